The van der Waals surface area contributed by atoms with Gasteiger partial charge in [0, 0.05) is 30.4 Å². The highest BCUT2D eigenvalue weighted by Crippen LogP contribution is 2.27. The van der Waals surface area contributed by atoms with Gasteiger partial charge in [-0.1, -0.05) is 18.2 Å². The third-order valence-corrected chi connectivity index (χ3v) is 4.15. The van der Waals surface area contributed by atoms with Gasteiger partial charge < -0.3 is 15.0 Å². The monoisotopic (exact) mass is 324 g/mol. The van der Waals surface area contributed by atoms with Crippen LogP contribution >= 0.6 is 0 Å². The van der Waals surface area contributed by atoms with Crippen LogP contribution in [0.2, 0.25) is 0 Å². The third kappa shape index (κ3) is 3.40. The Morgan fingerprint density at radius 2 is 2.00 bits per heavy atom. The summed E-state index contributed by atoms with van der Waals surface area (Å²) in [5, 5.41) is 2.86. The molecule has 0 aromatic heterocycles. The van der Waals surface area contributed by atoms with Crippen molar-refractivity contribution in [2.24, 2.45) is 5.92 Å². The van der Waals surface area contributed by atoms with Crippen molar-refractivity contribution < 1.29 is 14.3 Å². The summed E-state index contributed by atoms with van der Waals surface area (Å²) in [5.41, 5.74) is 2.60. The molecule has 2 aromatic rings. The molecule has 1 atom stereocenters. The average molecular weight is 324 g/mol. The molecule has 2 amide bonds. The van der Waals surface area contributed by atoms with Crippen molar-refractivity contribution in [3.8, 4) is 5.75 Å². The molecule has 24 heavy (non-hydrogen) atoms. The Balaban J connectivity index is 1.69. The highest BCUT2D eigenvalue weighted by Gasteiger charge is 2.35. The van der Waals surface area contributed by atoms with Crippen molar-refractivity contribution in [3.63, 3.8) is 0 Å². The van der Waals surface area contributed by atoms with E-state index in [-0.39, 0.29) is 24.2 Å². The quantitative estimate of drug-likeness (QED) is 0.940. The maximum Gasteiger partial charge on any atom is 0.229 e. The first-order valence-electron chi connectivity index (χ1n) is 7.89. The van der Waals surface area contributed by atoms with Gasteiger partial charge in [-0.05, 0) is 36.8 Å². The van der Waals surface area contributed by atoms with Gasteiger partial charge in [0.15, 0.2) is 0 Å². The third-order valence-electron chi connectivity index (χ3n) is 4.15. The molecule has 0 bridgehead atoms. The molecule has 0 saturated carbocycles. The molecule has 0 radical (unpaired) electrons. The van der Waals surface area contributed by atoms with Gasteiger partial charge in [0.1, 0.15) is 5.75 Å². The van der Waals surface area contributed by atoms with E-state index in [4.69, 9.17) is 4.74 Å². The average Bonchev–Trinajstić information content (AvgIpc) is 2.97. The second-order valence-electron chi connectivity index (χ2n) is 5.97. The minimum atomic E-state index is -0.357. The van der Waals surface area contributed by atoms with Crippen LogP contribution in [0.1, 0.15) is 12.0 Å². The largest absolute Gasteiger partial charge is 0.497 e. The number of nitrogens with zero attached hydrogens (tertiary/aromatic N) is 1. The van der Waals surface area contributed by atoms with E-state index in [0.717, 1.165) is 11.3 Å². The summed E-state index contributed by atoms with van der Waals surface area (Å²) in [6.45, 7) is 2.38. The van der Waals surface area contributed by atoms with Crippen LogP contribution in [-0.4, -0.2) is 25.5 Å². The molecule has 1 N–H and O–H groups in total. The van der Waals surface area contributed by atoms with Crippen LogP contribution in [0.3, 0.4) is 0 Å². The van der Waals surface area contributed by atoms with Gasteiger partial charge in [0.2, 0.25) is 11.8 Å². The zero-order chi connectivity index (χ0) is 17.1. The van der Waals surface area contributed by atoms with Gasteiger partial charge >= 0.3 is 0 Å². The Morgan fingerprint density at radius 3 is 2.75 bits per heavy atom. The van der Waals surface area contributed by atoms with E-state index in [1.54, 1.807) is 24.1 Å². The number of carbonyl (C=O) groups is 2. The Kier molecular flexibility index (Phi) is 4.51. The van der Waals surface area contributed by atoms with E-state index in [1.807, 2.05) is 43.3 Å². The number of aryl methyl sites for hydroxylation is 1. The first-order chi connectivity index (χ1) is 11.6. The minimum Gasteiger partial charge on any atom is -0.497 e. The van der Waals surface area contributed by atoms with Crippen molar-refractivity contribution in [2.45, 2.75) is 13.3 Å². The Bertz CT molecular complexity index is 773. The summed E-state index contributed by atoms with van der Waals surface area (Å²) in [5.74, 6) is 0.152. The van der Waals surface area contributed by atoms with Gasteiger partial charge in [-0.3, -0.25) is 9.59 Å². The van der Waals surface area contributed by atoms with Crippen LogP contribution in [0.4, 0.5) is 11.4 Å². The smallest absolute Gasteiger partial charge is 0.229 e. The van der Waals surface area contributed by atoms with Crippen molar-refractivity contribution in [2.75, 3.05) is 23.9 Å². The molecule has 1 saturated heterocycles. The predicted octanol–water partition coefficient (Wildman–Crippen LogP) is 3.00. The molecule has 1 aliphatic rings. The van der Waals surface area contributed by atoms with Crippen molar-refractivity contribution in [3.05, 3.63) is 54.1 Å². The van der Waals surface area contributed by atoms with Gasteiger partial charge in [-0.2, -0.15) is 0 Å². The van der Waals surface area contributed by atoms with Crippen molar-refractivity contribution in [1.82, 2.24) is 0 Å². The summed E-state index contributed by atoms with van der Waals surface area (Å²) < 4.78 is 5.15. The number of anilines is 2. The second kappa shape index (κ2) is 6.74. The predicted molar refractivity (Wildman–Crippen MR) is 93.3 cm³/mol. The van der Waals surface area contributed by atoms with E-state index in [9.17, 15) is 9.59 Å². The summed E-state index contributed by atoms with van der Waals surface area (Å²) in [6.07, 6.45) is 0.226. The van der Waals surface area contributed by atoms with Crippen LogP contribution in [0.5, 0.6) is 5.75 Å². The number of methoxy groups -OCH3 is 1. The van der Waals surface area contributed by atoms with Gasteiger partial charge in [0.25, 0.3) is 0 Å². The number of rotatable bonds is 4. The minimum absolute atomic E-state index is 0.0219. The lowest BCUT2D eigenvalue weighted by Crippen LogP contribution is -2.28. The first-order valence-corrected chi connectivity index (χ1v) is 7.89. The van der Waals surface area contributed by atoms with E-state index in [2.05, 4.69) is 5.32 Å². The number of nitrogens with one attached hydrogen (secondary N) is 1. The van der Waals surface area contributed by atoms with Crippen LogP contribution in [-0.2, 0) is 9.59 Å². The molecule has 124 valence electrons. The fourth-order valence-electron chi connectivity index (χ4n) is 2.87. The fraction of sp³-hybridized carbons (Fsp3) is 0.263. The zero-order valence-corrected chi connectivity index (χ0v) is 13.8. The lowest BCUT2D eigenvalue weighted by atomic mass is 10.1. The molecule has 0 aliphatic carbocycles. The molecule has 5 heteroatoms. The SMILES string of the molecule is COc1cccc(NC(=O)[C@H]2CC(=O)N(c3cccc(C)c3)C2)c1. The summed E-state index contributed by atoms with van der Waals surface area (Å²) in [7, 11) is 1.58. The summed E-state index contributed by atoms with van der Waals surface area (Å²) in [4.78, 5) is 26.4. The van der Waals surface area contributed by atoms with Crippen molar-refractivity contribution >= 4 is 23.2 Å². The van der Waals surface area contributed by atoms with Gasteiger partial charge in [0.05, 0.1) is 13.0 Å². The highest BCUT2D eigenvalue weighted by atomic mass is 16.5. The molecule has 1 heterocycles. The van der Waals surface area contributed by atoms with Crippen LogP contribution in [0.15, 0.2) is 48.5 Å². The Morgan fingerprint density at radius 1 is 1.21 bits per heavy atom. The molecule has 1 fully saturated rings. The number of amides is 2. The van der Waals surface area contributed by atoms with Gasteiger partial charge in [-0.25, -0.2) is 0 Å². The maximum absolute atomic E-state index is 12.5. The number of hydrogen-bond donors (Lipinski definition) is 1. The Labute approximate surface area is 141 Å². The summed E-state index contributed by atoms with van der Waals surface area (Å²) >= 11 is 0. The molecule has 1 aliphatic heterocycles. The molecule has 3 rings (SSSR count). The normalized spacial score (nSPS) is 17.0. The maximum atomic E-state index is 12.5. The Hall–Kier alpha value is -2.82. The molecular formula is C19H20N2O3. The number of benzene rings is 2. The molecule has 0 spiro atoms. The first kappa shape index (κ1) is 16.1. The van der Waals surface area contributed by atoms with Crippen molar-refractivity contribution in [1.29, 1.82) is 0 Å². The van der Waals surface area contributed by atoms with Crippen LogP contribution in [0, 0.1) is 12.8 Å². The lowest BCUT2D eigenvalue weighted by Gasteiger charge is -2.17. The van der Waals surface area contributed by atoms with Crippen LogP contribution < -0.4 is 15.0 Å². The van der Waals surface area contributed by atoms with Crippen LogP contribution in [0.25, 0.3) is 0 Å². The standard InChI is InChI=1S/C19H20N2O3/c1-13-5-3-7-16(9-13)21-12-14(10-18(21)22)19(23)20-15-6-4-8-17(11-15)24-2/h3-9,11,14H,10,12H2,1-2H3,(H,20,23)/t14-/m0/s1. The van der Waals surface area contributed by atoms with E-state index < -0.39 is 0 Å². The van der Waals surface area contributed by atoms with Gasteiger partial charge in [-0.15, -0.1) is 0 Å². The molecular weight excluding hydrogens is 304 g/mol. The second-order valence-corrected chi connectivity index (χ2v) is 5.97. The lowest BCUT2D eigenvalue weighted by molar-refractivity contribution is -0.122. The van der Waals surface area contributed by atoms with E-state index in [0.29, 0.717) is 18.0 Å². The summed E-state index contributed by atoms with van der Waals surface area (Å²) in [6, 6.07) is 14.9. The molecule has 2 aromatic carbocycles. The number of ether oxygens (including phenoxy) is 1. The molecule has 0 unspecified atom stereocenters. The highest BCUT2D eigenvalue weighted by molar-refractivity contribution is 6.03. The number of hydrogen-bond acceptors (Lipinski definition) is 3. The topological polar surface area (TPSA) is 58.6 Å². The van der Waals surface area contributed by atoms with E-state index in [1.165, 1.54) is 0 Å². The number of carbonyl (C=O) groups excluding carboxylic acids is 2. The zero-order valence-electron chi connectivity index (χ0n) is 13.8. The van der Waals surface area contributed by atoms with E-state index >= 15 is 0 Å². The molecule has 5 nitrogen and oxygen atoms in total. The fourth-order valence-corrected chi connectivity index (χ4v) is 2.87.